The van der Waals surface area contributed by atoms with Crippen molar-refractivity contribution in [1.82, 2.24) is 0 Å². The van der Waals surface area contributed by atoms with E-state index in [2.05, 4.69) is 0 Å². The predicted octanol–water partition coefficient (Wildman–Crippen LogP) is 1.15. The van der Waals surface area contributed by atoms with Crippen molar-refractivity contribution in [3.05, 3.63) is 0 Å². The molecule has 0 aliphatic heterocycles. The van der Waals surface area contributed by atoms with Crippen molar-refractivity contribution in [2.45, 2.75) is 57.7 Å². The molecule has 0 rings (SSSR count). The van der Waals surface area contributed by atoms with E-state index in [9.17, 15) is 15.0 Å². The zero-order valence-corrected chi connectivity index (χ0v) is 8.86. The molecule has 2 atom stereocenters. The highest BCUT2D eigenvalue weighted by Crippen LogP contribution is 2.22. The zero-order valence-electron chi connectivity index (χ0n) is 8.86. The van der Waals surface area contributed by atoms with E-state index in [4.69, 9.17) is 5.11 Å². The molecule has 0 saturated carbocycles. The summed E-state index contributed by atoms with van der Waals surface area (Å²) in [7, 11) is 0. The second-order valence-corrected chi connectivity index (χ2v) is 3.64. The maximum absolute atomic E-state index is 10.8. The van der Waals surface area contributed by atoms with Crippen molar-refractivity contribution in [1.29, 1.82) is 0 Å². The van der Waals surface area contributed by atoms with E-state index in [1.54, 1.807) is 0 Å². The molecule has 3 N–H and O–H groups in total. The van der Waals surface area contributed by atoms with Gasteiger partial charge in [-0.15, -0.1) is 0 Å². The molecular weight excluding hydrogens is 184 g/mol. The monoisotopic (exact) mass is 204 g/mol. The third-order valence-corrected chi connectivity index (χ3v) is 2.40. The summed E-state index contributed by atoms with van der Waals surface area (Å²) in [6, 6.07) is 0. The number of aliphatic carboxylic acids is 1. The molecule has 0 fully saturated rings. The molecular formula is C10H20O4. The number of hydrogen-bond acceptors (Lipinski definition) is 3. The van der Waals surface area contributed by atoms with Crippen molar-refractivity contribution in [2.24, 2.45) is 0 Å². The minimum Gasteiger partial charge on any atom is -0.479 e. The molecule has 0 bridgehead atoms. The highest BCUT2D eigenvalue weighted by molar-refractivity contribution is 5.77. The van der Waals surface area contributed by atoms with Gasteiger partial charge in [-0.2, -0.15) is 0 Å². The Morgan fingerprint density at radius 3 is 2.29 bits per heavy atom. The van der Waals surface area contributed by atoms with Crippen LogP contribution in [0.4, 0.5) is 0 Å². The van der Waals surface area contributed by atoms with Crippen molar-refractivity contribution in [3.63, 3.8) is 0 Å². The maximum atomic E-state index is 10.8. The topological polar surface area (TPSA) is 77.8 Å². The van der Waals surface area contributed by atoms with Gasteiger partial charge in [0.05, 0.1) is 6.10 Å². The second kappa shape index (κ2) is 5.98. The SMILES string of the molecule is CCCCC(O)(C(=O)O)C(O)CCC. The number of hydrogen-bond donors (Lipinski definition) is 3. The first-order valence-corrected chi connectivity index (χ1v) is 5.12. The van der Waals surface area contributed by atoms with Crippen LogP contribution in [0.3, 0.4) is 0 Å². The highest BCUT2D eigenvalue weighted by Gasteiger charge is 2.42. The molecule has 0 aliphatic rings. The molecule has 0 saturated heterocycles. The molecule has 4 nitrogen and oxygen atoms in total. The standard InChI is InChI=1S/C10H20O4/c1-3-5-7-10(14,9(12)13)8(11)6-4-2/h8,11,14H,3-7H2,1-2H3,(H,12,13). The molecule has 14 heavy (non-hydrogen) atoms. The summed E-state index contributed by atoms with van der Waals surface area (Å²) in [5.74, 6) is -1.33. The summed E-state index contributed by atoms with van der Waals surface area (Å²) in [5, 5.41) is 28.2. The second-order valence-electron chi connectivity index (χ2n) is 3.64. The number of carboxylic acids is 1. The van der Waals surface area contributed by atoms with E-state index in [-0.39, 0.29) is 6.42 Å². The third-order valence-electron chi connectivity index (χ3n) is 2.40. The highest BCUT2D eigenvalue weighted by atomic mass is 16.4. The van der Waals surface area contributed by atoms with Gasteiger partial charge < -0.3 is 15.3 Å². The Morgan fingerprint density at radius 2 is 1.93 bits per heavy atom. The number of carboxylic acid groups (broad SMARTS) is 1. The van der Waals surface area contributed by atoms with Gasteiger partial charge in [-0.25, -0.2) is 4.79 Å². The maximum Gasteiger partial charge on any atom is 0.338 e. The van der Waals surface area contributed by atoms with E-state index in [1.807, 2.05) is 13.8 Å². The predicted molar refractivity (Wildman–Crippen MR) is 53.0 cm³/mol. The Labute approximate surface area is 84.6 Å². The Morgan fingerprint density at radius 1 is 1.36 bits per heavy atom. The average Bonchev–Trinajstić information content (AvgIpc) is 2.14. The van der Waals surface area contributed by atoms with E-state index in [0.717, 1.165) is 6.42 Å². The molecule has 4 heteroatoms. The van der Waals surface area contributed by atoms with Crippen LogP contribution >= 0.6 is 0 Å². The van der Waals surface area contributed by atoms with Gasteiger partial charge in [0.15, 0.2) is 5.60 Å². The average molecular weight is 204 g/mol. The molecule has 0 aromatic carbocycles. The van der Waals surface area contributed by atoms with Gasteiger partial charge in [0.2, 0.25) is 0 Å². The van der Waals surface area contributed by atoms with Crippen LogP contribution in [0, 0.1) is 0 Å². The minimum atomic E-state index is -1.97. The summed E-state index contributed by atoms with van der Waals surface area (Å²) in [6.07, 6.45) is 1.31. The van der Waals surface area contributed by atoms with Crippen molar-refractivity contribution in [2.75, 3.05) is 0 Å². The van der Waals surface area contributed by atoms with Gasteiger partial charge in [-0.1, -0.05) is 33.1 Å². The Hall–Kier alpha value is -0.610. The number of unbranched alkanes of at least 4 members (excludes halogenated alkanes) is 1. The summed E-state index contributed by atoms with van der Waals surface area (Å²) in [4.78, 5) is 10.8. The third kappa shape index (κ3) is 3.27. The lowest BCUT2D eigenvalue weighted by Crippen LogP contribution is -2.49. The van der Waals surface area contributed by atoms with Gasteiger partial charge >= 0.3 is 5.97 Å². The number of carbonyl (C=O) groups is 1. The zero-order chi connectivity index (χ0) is 11.2. The summed E-state index contributed by atoms with van der Waals surface area (Å²) < 4.78 is 0. The first-order chi connectivity index (χ1) is 6.49. The molecule has 0 amide bonds. The smallest absolute Gasteiger partial charge is 0.338 e. The van der Waals surface area contributed by atoms with Crippen LogP contribution < -0.4 is 0 Å². The fourth-order valence-electron chi connectivity index (χ4n) is 1.37. The summed E-state index contributed by atoms with van der Waals surface area (Å²) in [6.45, 7) is 3.75. The Bertz CT molecular complexity index is 181. The van der Waals surface area contributed by atoms with Crippen LogP contribution in [0.5, 0.6) is 0 Å². The molecule has 0 aromatic rings. The lowest BCUT2D eigenvalue weighted by Gasteiger charge is -2.28. The van der Waals surface area contributed by atoms with E-state index in [0.29, 0.717) is 19.3 Å². The van der Waals surface area contributed by atoms with Crippen LogP contribution in [-0.4, -0.2) is 33.0 Å². The lowest BCUT2D eigenvalue weighted by atomic mass is 9.88. The largest absolute Gasteiger partial charge is 0.479 e. The van der Waals surface area contributed by atoms with Gasteiger partial charge in [-0.3, -0.25) is 0 Å². The van der Waals surface area contributed by atoms with Crippen molar-refractivity contribution in [3.8, 4) is 0 Å². The molecule has 0 aromatic heterocycles. The quantitative estimate of drug-likeness (QED) is 0.581. The number of aliphatic hydroxyl groups excluding tert-OH is 1. The first kappa shape index (κ1) is 13.4. The fraction of sp³-hybridized carbons (Fsp3) is 0.900. The molecule has 0 aliphatic carbocycles. The van der Waals surface area contributed by atoms with E-state index in [1.165, 1.54) is 0 Å². The van der Waals surface area contributed by atoms with E-state index >= 15 is 0 Å². The van der Waals surface area contributed by atoms with Gasteiger partial charge in [-0.05, 0) is 12.8 Å². The molecule has 2 unspecified atom stereocenters. The first-order valence-electron chi connectivity index (χ1n) is 5.12. The Balaban J connectivity index is 4.44. The van der Waals surface area contributed by atoms with Gasteiger partial charge in [0.25, 0.3) is 0 Å². The van der Waals surface area contributed by atoms with Crippen molar-refractivity contribution < 1.29 is 20.1 Å². The summed E-state index contributed by atoms with van der Waals surface area (Å²) >= 11 is 0. The molecule has 0 heterocycles. The van der Waals surface area contributed by atoms with Crippen molar-refractivity contribution >= 4 is 5.97 Å². The van der Waals surface area contributed by atoms with Gasteiger partial charge in [0.1, 0.15) is 0 Å². The molecule has 84 valence electrons. The van der Waals surface area contributed by atoms with Crippen LogP contribution in [-0.2, 0) is 4.79 Å². The molecule has 0 spiro atoms. The normalized spacial score (nSPS) is 17.4. The lowest BCUT2D eigenvalue weighted by molar-refractivity contribution is -0.173. The fourth-order valence-corrected chi connectivity index (χ4v) is 1.37. The summed E-state index contributed by atoms with van der Waals surface area (Å²) in [5.41, 5.74) is -1.97. The van der Waals surface area contributed by atoms with Crippen LogP contribution in [0.2, 0.25) is 0 Å². The van der Waals surface area contributed by atoms with Crippen LogP contribution in [0.15, 0.2) is 0 Å². The minimum absolute atomic E-state index is 0.111. The van der Waals surface area contributed by atoms with Gasteiger partial charge in [0, 0.05) is 0 Å². The Kier molecular flexibility index (Phi) is 5.72. The van der Waals surface area contributed by atoms with Crippen LogP contribution in [0.25, 0.3) is 0 Å². The number of rotatable bonds is 7. The van der Waals surface area contributed by atoms with Crippen LogP contribution in [0.1, 0.15) is 46.0 Å². The van der Waals surface area contributed by atoms with E-state index < -0.39 is 17.7 Å². The molecule has 0 radical (unpaired) electrons. The number of aliphatic hydroxyl groups is 2.